The first-order valence-corrected chi connectivity index (χ1v) is 11.0. The van der Waals surface area contributed by atoms with E-state index < -0.39 is 21.8 Å². The zero-order chi connectivity index (χ0) is 20.1. The predicted octanol–water partition coefficient (Wildman–Crippen LogP) is 3.67. The molecule has 0 radical (unpaired) electrons. The monoisotopic (exact) mass is 420 g/mol. The Kier molecular flexibility index (Phi) is 4.59. The van der Waals surface area contributed by atoms with Crippen molar-refractivity contribution in [1.29, 1.82) is 0 Å². The molecule has 0 saturated carbocycles. The molecule has 28 heavy (non-hydrogen) atoms. The molecule has 0 N–H and O–H groups in total. The summed E-state index contributed by atoms with van der Waals surface area (Å²) in [6, 6.07) is 5.69. The fourth-order valence-corrected chi connectivity index (χ4v) is 5.80. The van der Waals surface area contributed by atoms with Crippen LogP contribution in [-0.2, 0) is 21.2 Å². The average Bonchev–Trinajstić information content (AvgIpc) is 3.23. The maximum Gasteiger partial charge on any atom is 0.348 e. The third-order valence-corrected chi connectivity index (χ3v) is 7.69. The molecule has 0 spiro atoms. The van der Waals surface area contributed by atoms with Gasteiger partial charge in [0.2, 0.25) is 0 Å². The van der Waals surface area contributed by atoms with Crippen LogP contribution in [0.3, 0.4) is 0 Å². The number of nitrogens with zero attached hydrogens (tertiary/aromatic N) is 2. The molecule has 3 heterocycles. The van der Waals surface area contributed by atoms with Crippen molar-refractivity contribution >= 4 is 43.2 Å². The van der Waals surface area contributed by atoms with E-state index in [0.29, 0.717) is 32.8 Å². The Morgan fingerprint density at radius 1 is 1.36 bits per heavy atom. The number of sulfonamides is 1. The molecule has 9 heteroatoms. The number of halogens is 1. The van der Waals surface area contributed by atoms with Crippen molar-refractivity contribution in [2.24, 2.45) is 0 Å². The van der Waals surface area contributed by atoms with Gasteiger partial charge in [-0.1, -0.05) is 6.07 Å². The molecule has 1 aliphatic heterocycles. The molecule has 4 rings (SSSR count). The van der Waals surface area contributed by atoms with E-state index in [1.54, 1.807) is 19.9 Å². The summed E-state index contributed by atoms with van der Waals surface area (Å²) in [7, 11) is -3.91. The van der Waals surface area contributed by atoms with E-state index in [1.807, 2.05) is 0 Å². The normalized spacial score (nSPS) is 13.8. The molecule has 0 unspecified atom stereocenters. The molecule has 0 bridgehead atoms. The van der Waals surface area contributed by atoms with E-state index in [-0.39, 0.29) is 18.0 Å². The summed E-state index contributed by atoms with van der Waals surface area (Å²) in [5.74, 6) is -0.932. The number of pyridine rings is 1. The van der Waals surface area contributed by atoms with Crippen LogP contribution in [-0.4, -0.2) is 32.5 Å². The van der Waals surface area contributed by atoms with Gasteiger partial charge in [0.05, 0.1) is 12.3 Å². The highest BCUT2D eigenvalue weighted by atomic mass is 32.2. The number of esters is 1. The van der Waals surface area contributed by atoms with Crippen LogP contribution in [0.4, 0.5) is 10.1 Å². The van der Waals surface area contributed by atoms with Gasteiger partial charge >= 0.3 is 5.97 Å². The van der Waals surface area contributed by atoms with Crippen LogP contribution in [0, 0.1) is 12.7 Å². The number of carbonyl (C=O) groups is 1. The number of thiophene rings is 1. The number of ether oxygens (including phenoxy) is 1. The Balaban J connectivity index is 1.78. The molecule has 0 atom stereocenters. The zero-order valence-corrected chi connectivity index (χ0v) is 16.9. The quantitative estimate of drug-likeness (QED) is 0.602. The van der Waals surface area contributed by atoms with E-state index >= 15 is 0 Å². The molecule has 0 amide bonds. The molecule has 146 valence electrons. The molecule has 1 aromatic carbocycles. The van der Waals surface area contributed by atoms with Gasteiger partial charge < -0.3 is 4.74 Å². The predicted molar refractivity (Wildman–Crippen MR) is 105 cm³/mol. The molecular weight excluding hydrogens is 403 g/mol. The number of hydrogen-bond donors (Lipinski definition) is 0. The molecule has 2 aromatic heterocycles. The van der Waals surface area contributed by atoms with E-state index in [1.165, 1.54) is 40.0 Å². The van der Waals surface area contributed by atoms with Gasteiger partial charge in [0.1, 0.15) is 20.4 Å². The summed E-state index contributed by atoms with van der Waals surface area (Å²) in [6.07, 6.45) is 1.80. The highest BCUT2D eigenvalue weighted by molar-refractivity contribution is 7.92. The van der Waals surface area contributed by atoms with Crippen molar-refractivity contribution in [2.75, 3.05) is 17.5 Å². The smallest absolute Gasteiger partial charge is 0.348 e. The van der Waals surface area contributed by atoms with Gasteiger partial charge in [-0.3, -0.25) is 4.31 Å². The van der Waals surface area contributed by atoms with Gasteiger partial charge in [0.15, 0.2) is 0 Å². The van der Waals surface area contributed by atoms with Crippen molar-refractivity contribution in [3.8, 4) is 0 Å². The van der Waals surface area contributed by atoms with Crippen molar-refractivity contribution in [3.05, 3.63) is 52.3 Å². The Morgan fingerprint density at radius 2 is 2.14 bits per heavy atom. The first-order valence-electron chi connectivity index (χ1n) is 8.70. The first-order chi connectivity index (χ1) is 13.3. The highest BCUT2D eigenvalue weighted by Gasteiger charge is 2.32. The summed E-state index contributed by atoms with van der Waals surface area (Å²) >= 11 is 1.17. The third-order valence-electron chi connectivity index (χ3n) is 4.72. The van der Waals surface area contributed by atoms with Crippen molar-refractivity contribution < 1.29 is 22.3 Å². The number of aromatic nitrogens is 1. The lowest BCUT2D eigenvalue weighted by atomic mass is 10.2. The first kappa shape index (κ1) is 18.8. The third kappa shape index (κ3) is 2.94. The summed E-state index contributed by atoms with van der Waals surface area (Å²) < 4.78 is 46.3. The SMILES string of the molecule is CCOC(=O)c1sc2ncc(S(=O)(=O)N3CCc4ccc(F)cc43)cc2c1C. The summed E-state index contributed by atoms with van der Waals surface area (Å²) in [4.78, 5) is 17.3. The van der Waals surface area contributed by atoms with Crippen LogP contribution in [0.15, 0.2) is 35.4 Å². The highest BCUT2D eigenvalue weighted by Crippen LogP contribution is 2.36. The Bertz CT molecular complexity index is 1200. The Labute approximate surface area is 165 Å². The minimum Gasteiger partial charge on any atom is -0.462 e. The second-order valence-electron chi connectivity index (χ2n) is 6.40. The second-order valence-corrected chi connectivity index (χ2v) is 9.26. The molecule has 0 saturated heterocycles. The fourth-order valence-electron chi connectivity index (χ4n) is 3.31. The van der Waals surface area contributed by atoms with Crippen LogP contribution in [0.25, 0.3) is 10.2 Å². The fraction of sp³-hybridized carbons (Fsp3) is 0.263. The molecule has 3 aromatic rings. The number of hydrogen-bond acceptors (Lipinski definition) is 6. The lowest BCUT2D eigenvalue weighted by Gasteiger charge is -2.19. The number of fused-ring (bicyclic) bond motifs is 2. The standard InChI is InChI=1S/C19H17FN2O4S2/c1-3-26-19(23)17-11(2)15-9-14(10-21-18(15)27-17)28(24,25)22-7-6-12-4-5-13(20)8-16(12)22/h4-5,8-10H,3,6-7H2,1-2H3. The van der Waals surface area contributed by atoms with Gasteiger partial charge in [-0.25, -0.2) is 22.6 Å². The van der Waals surface area contributed by atoms with Gasteiger partial charge in [-0.2, -0.15) is 0 Å². The number of aryl methyl sites for hydroxylation is 1. The summed E-state index contributed by atoms with van der Waals surface area (Å²) in [6.45, 7) is 3.96. The molecule has 1 aliphatic rings. The lowest BCUT2D eigenvalue weighted by molar-refractivity contribution is 0.0531. The van der Waals surface area contributed by atoms with Gasteiger partial charge in [-0.05, 0) is 49.6 Å². The van der Waals surface area contributed by atoms with Gasteiger partial charge in [0, 0.05) is 18.1 Å². The summed E-state index contributed by atoms with van der Waals surface area (Å²) in [5.41, 5.74) is 1.78. The molecule has 0 aliphatic carbocycles. The van der Waals surface area contributed by atoms with E-state index in [2.05, 4.69) is 4.98 Å². The van der Waals surface area contributed by atoms with E-state index in [0.717, 1.165) is 5.56 Å². The minimum atomic E-state index is -3.91. The number of anilines is 1. The van der Waals surface area contributed by atoms with E-state index in [4.69, 9.17) is 4.74 Å². The minimum absolute atomic E-state index is 0.00780. The average molecular weight is 420 g/mol. The number of carbonyl (C=O) groups excluding carboxylic acids is 1. The maximum atomic E-state index is 13.7. The van der Waals surface area contributed by atoms with Crippen LogP contribution in [0.5, 0.6) is 0 Å². The van der Waals surface area contributed by atoms with Crippen LogP contribution in [0.2, 0.25) is 0 Å². The number of benzene rings is 1. The second kappa shape index (κ2) is 6.82. The van der Waals surface area contributed by atoms with E-state index in [9.17, 15) is 17.6 Å². The maximum absolute atomic E-state index is 13.7. The van der Waals surface area contributed by atoms with Crippen molar-refractivity contribution in [2.45, 2.75) is 25.2 Å². The molecule has 0 fully saturated rings. The van der Waals surface area contributed by atoms with Gasteiger partial charge in [-0.15, -0.1) is 11.3 Å². The Morgan fingerprint density at radius 3 is 2.89 bits per heavy atom. The zero-order valence-electron chi connectivity index (χ0n) is 15.2. The van der Waals surface area contributed by atoms with Crippen LogP contribution < -0.4 is 4.31 Å². The summed E-state index contributed by atoms with van der Waals surface area (Å²) in [5, 5.41) is 0.591. The molecule has 6 nitrogen and oxygen atoms in total. The molecular formula is C19H17FN2O4S2. The van der Waals surface area contributed by atoms with Gasteiger partial charge in [0.25, 0.3) is 10.0 Å². The van der Waals surface area contributed by atoms with Crippen molar-refractivity contribution in [1.82, 2.24) is 4.98 Å². The Hall–Kier alpha value is -2.52. The number of rotatable bonds is 4. The lowest BCUT2D eigenvalue weighted by Crippen LogP contribution is -2.29. The van der Waals surface area contributed by atoms with Crippen LogP contribution in [0.1, 0.15) is 27.7 Å². The van der Waals surface area contributed by atoms with Crippen LogP contribution >= 0.6 is 11.3 Å². The van der Waals surface area contributed by atoms with Crippen molar-refractivity contribution in [3.63, 3.8) is 0 Å². The topological polar surface area (TPSA) is 76.6 Å². The largest absolute Gasteiger partial charge is 0.462 e.